The normalized spacial score (nSPS) is 11.1. The van der Waals surface area contributed by atoms with Crippen LogP contribution in [0.15, 0.2) is 40.9 Å². The van der Waals surface area contributed by atoms with Crippen LogP contribution in [0.2, 0.25) is 5.02 Å². The molecule has 0 saturated heterocycles. The minimum absolute atomic E-state index is 0.120. The molecule has 1 aromatic heterocycles. The average Bonchev–Trinajstić information content (AvgIpc) is 2.79. The second kappa shape index (κ2) is 4.90. The van der Waals surface area contributed by atoms with Crippen LogP contribution in [0.3, 0.4) is 0 Å². The maximum absolute atomic E-state index is 13.4. The van der Waals surface area contributed by atoms with Gasteiger partial charge in [0.05, 0.1) is 17.1 Å². The van der Waals surface area contributed by atoms with E-state index in [4.69, 9.17) is 11.6 Å². The van der Waals surface area contributed by atoms with Crippen LogP contribution < -0.4 is 0 Å². The molecule has 6 heteroatoms. The van der Waals surface area contributed by atoms with Crippen LogP contribution in [0.5, 0.6) is 0 Å². The lowest BCUT2D eigenvalue weighted by atomic mass is 10.2. The van der Waals surface area contributed by atoms with Crippen LogP contribution in [0.4, 0.5) is 4.39 Å². The van der Waals surface area contributed by atoms with Gasteiger partial charge in [-0.15, -0.1) is 5.10 Å². The number of aromatic nitrogens is 3. The molecule has 0 bridgehead atoms. The monoisotopic (exact) mass is 339 g/mol. The first kappa shape index (κ1) is 12.6. The minimum atomic E-state index is -0.426. The highest BCUT2D eigenvalue weighted by Crippen LogP contribution is 2.22. The van der Waals surface area contributed by atoms with Gasteiger partial charge in [0, 0.05) is 4.47 Å². The van der Waals surface area contributed by atoms with E-state index in [2.05, 4.69) is 26.2 Å². The summed E-state index contributed by atoms with van der Waals surface area (Å²) in [5, 5.41) is 8.31. The van der Waals surface area contributed by atoms with Gasteiger partial charge < -0.3 is 0 Å². The van der Waals surface area contributed by atoms with Crippen molar-refractivity contribution in [2.75, 3.05) is 0 Å². The first-order chi connectivity index (χ1) is 9.15. The predicted molar refractivity (Wildman–Crippen MR) is 75.7 cm³/mol. The molecular formula is C13H8BrClFN3. The molecule has 3 rings (SSSR count). The number of rotatable bonds is 2. The lowest BCUT2D eigenvalue weighted by Crippen LogP contribution is -2.02. The zero-order chi connectivity index (χ0) is 13.4. The molecule has 0 N–H and O–H groups in total. The summed E-state index contributed by atoms with van der Waals surface area (Å²) in [5.41, 5.74) is 2.47. The maximum Gasteiger partial charge on any atom is 0.142 e. The molecule has 0 spiro atoms. The summed E-state index contributed by atoms with van der Waals surface area (Å²) in [5.74, 6) is -0.426. The molecule has 0 fully saturated rings. The van der Waals surface area contributed by atoms with Crippen molar-refractivity contribution in [2.45, 2.75) is 6.54 Å². The van der Waals surface area contributed by atoms with E-state index in [-0.39, 0.29) is 5.02 Å². The third kappa shape index (κ3) is 2.35. The summed E-state index contributed by atoms with van der Waals surface area (Å²) in [4.78, 5) is 0. The Kier molecular flexibility index (Phi) is 3.24. The molecule has 0 aliphatic heterocycles. The van der Waals surface area contributed by atoms with Gasteiger partial charge in [0.1, 0.15) is 11.3 Å². The van der Waals surface area contributed by atoms with Gasteiger partial charge in [0.2, 0.25) is 0 Å². The fraction of sp³-hybridized carbons (Fsp3) is 0.0769. The predicted octanol–water partition coefficient (Wildman–Crippen LogP) is 4.03. The zero-order valence-corrected chi connectivity index (χ0v) is 12.0. The average molecular weight is 341 g/mol. The summed E-state index contributed by atoms with van der Waals surface area (Å²) < 4.78 is 16.0. The molecule has 0 aliphatic rings. The highest BCUT2D eigenvalue weighted by Gasteiger charge is 2.08. The van der Waals surface area contributed by atoms with E-state index in [0.717, 1.165) is 21.1 Å². The van der Waals surface area contributed by atoms with E-state index in [9.17, 15) is 4.39 Å². The molecule has 0 atom stereocenters. The molecule has 3 nitrogen and oxygen atoms in total. The quantitative estimate of drug-likeness (QED) is 0.705. The minimum Gasteiger partial charge on any atom is -0.240 e. The highest BCUT2D eigenvalue weighted by atomic mass is 79.9. The summed E-state index contributed by atoms with van der Waals surface area (Å²) in [7, 11) is 0. The maximum atomic E-state index is 13.4. The molecule has 0 saturated carbocycles. The topological polar surface area (TPSA) is 30.7 Å². The van der Waals surface area contributed by atoms with E-state index in [1.165, 1.54) is 6.07 Å². The Bertz CT molecular complexity index is 757. The van der Waals surface area contributed by atoms with Crippen molar-refractivity contribution in [2.24, 2.45) is 0 Å². The van der Waals surface area contributed by atoms with Crippen LogP contribution in [-0.2, 0) is 6.54 Å². The first-order valence-electron chi connectivity index (χ1n) is 5.57. The Hall–Kier alpha value is -1.46. The van der Waals surface area contributed by atoms with Crippen molar-refractivity contribution >= 4 is 38.6 Å². The number of benzene rings is 2. The van der Waals surface area contributed by atoms with Crippen LogP contribution in [0.25, 0.3) is 11.0 Å². The molecule has 1 heterocycles. The lowest BCUT2D eigenvalue weighted by molar-refractivity contribution is 0.618. The SMILES string of the molecule is Fc1cc(Cn2nnc3c(Br)cccc32)ccc1Cl. The van der Waals surface area contributed by atoms with Crippen molar-refractivity contribution in [3.8, 4) is 0 Å². The summed E-state index contributed by atoms with van der Waals surface area (Å²) in [6, 6.07) is 10.5. The Morgan fingerprint density at radius 2 is 2.11 bits per heavy atom. The first-order valence-corrected chi connectivity index (χ1v) is 6.74. The summed E-state index contributed by atoms with van der Waals surface area (Å²) >= 11 is 9.09. The highest BCUT2D eigenvalue weighted by molar-refractivity contribution is 9.10. The van der Waals surface area contributed by atoms with Gasteiger partial charge in [-0.25, -0.2) is 9.07 Å². The summed E-state index contributed by atoms with van der Waals surface area (Å²) in [6.45, 7) is 0.445. The number of fused-ring (bicyclic) bond motifs is 1. The van der Waals surface area contributed by atoms with Crippen molar-refractivity contribution < 1.29 is 4.39 Å². The van der Waals surface area contributed by atoms with Crippen molar-refractivity contribution in [3.63, 3.8) is 0 Å². The van der Waals surface area contributed by atoms with E-state index in [1.807, 2.05) is 18.2 Å². The van der Waals surface area contributed by atoms with Crippen LogP contribution >= 0.6 is 27.5 Å². The Balaban J connectivity index is 2.01. The Labute approximate surface area is 122 Å². The third-order valence-corrected chi connectivity index (χ3v) is 3.76. The van der Waals surface area contributed by atoms with Crippen LogP contribution in [0.1, 0.15) is 5.56 Å². The second-order valence-corrected chi connectivity index (χ2v) is 5.36. The van der Waals surface area contributed by atoms with Gasteiger partial charge in [0.25, 0.3) is 0 Å². The second-order valence-electron chi connectivity index (χ2n) is 4.10. The number of halogens is 3. The smallest absolute Gasteiger partial charge is 0.142 e. The van der Waals surface area contributed by atoms with Gasteiger partial charge in [-0.1, -0.05) is 28.9 Å². The molecule has 19 heavy (non-hydrogen) atoms. The van der Waals surface area contributed by atoms with E-state index >= 15 is 0 Å². The molecule has 3 aromatic rings. The van der Waals surface area contributed by atoms with Crippen LogP contribution in [0, 0.1) is 5.82 Å². The van der Waals surface area contributed by atoms with Crippen molar-refractivity contribution in [1.29, 1.82) is 0 Å². The van der Waals surface area contributed by atoms with Crippen LogP contribution in [-0.4, -0.2) is 15.0 Å². The van der Waals surface area contributed by atoms with Gasteiger partial charge in [-0.05, 0) is 45.8 Å². The van der Waals surface area contributed by atoms with E-state index in [1.54, 1.807) is 16.8 Å². The number of nitrogens with zero attached hydrogens (tertiary/aromatic N) is 3. The zero-order valence-electron chi connectivity index (χ0n) is 9.65. The van der Waals surface area contributed by atoms with Gasteiger partial charge in [0.15, 0.2) is 0 Å². The summed E-state index contributed by atoms with van der Waals surface area (Å²) in [6.07, 6.45) is 0. The molecule has 0 amide bonds. The Morgan fingerprint density at radius 1 is 1.26 bits per heavy atom. The largest absolute Gasteiger partial charge is 0.240 e. The fourth-order valence-electron chi connectivity index (χ4n) is 1.89. The molecule has 2 aromatic carbocycles. The third-order valence-electron chi connectivity index (χ3n) is 2.81. The molecule has 0 radical (unpaired) electrons. The standard InChI is InChI=1S/C13H8BrClFN3/c14-9-2-1-3-12-13(9)17-18-19(12)7-8-4-5-10(15)11(16)6-8/h1-6H,7H2. The number of hydrogen-bond donors (Lipinski definition) is 0. The van der Waals surface area contributed by atoms with Crippen molar-refractivity contribution in [3.05, 3.63) is 57.3 Å². The lowest BCUT2D eigenvalue weighted by Gasteiger charge is -2.04. The molecule has 0 aliphatic carbocycles. The van der Waals surface area contributed by atoms with E-state index in [0.29, 0.717) is 6.54 Å². The molecule has 0 unspecified atom stereocenters. The van der Waals surface area contributed by atoms with E-state index < -0.39 is 5.82 Å². The van der Waals surface area contributed by atoms with Gasteiger partial charge >= 0.3 is 0 Å². The van der Waals surface area contributed by atoms with Gasteiger partial charge in [-0.3, -0.25) is 0 Å². The number of hydrogen-bond acceptors (Lipinski definition) is 2. The molecular weight excluding hydrogens is 333 g/mol. The van der Waals surface area contributed by atoms with Gasteiger partial charge in [-0.2, -0.15) is 0 Å². The Morgan fingerprint density at radius 3 is 2.89 bits per heavy atom. The molecule has 96 valence electrons. The van der Waals surface area contributed by atoms with Crippen molar-refractivity contribution in [1.82, 2.24) is 15.0 Å². The fourth-order valence-corrected chi connectivity index (χ4v) is 2.44.